The Labute approximate surface area is 149 Å². The maximum atomic E-state index is 12.9. The first-order chi connectivity index (χ1) is 11.7. The Kier molecular flexibility index (Phi) is 4.22. The molecule has 0 amide bonds. The van der Waals surface area contributed by atoms with Gasteiger partial charge in [-0.1, -0.05) is 30.0 Å². The van der Waals surface area contributed by atoms with Gasteiger partial charge in [-0.3, -0.25) is 4.79 Å². The van der Waals surface area contributed by atoms with E-state index in [4.69, 9.17) is 0 Å². The van der Waals surface area contributed by atoms with Crippen molar-refractivity contribution < 1.29 is 4.39 Å². The highest BCUT2D eigenvalue weighted by Crippen LogP contribution is 2.34. The summed E-state index contributed by atoms with van der Waals surface area (Å²) in [6.45, 7) is 0. The fraction of sp³-hybridized carbons (Fsp3) is 0.0588. The van der Waals surface area contributed by atoms with Crippen LogP contribution in [-0.2, 0) is 5.75 Å². The van der Waals surface area contributed by atoms with Crippen molar-refractivity contribution in [2.24, 2.45) is 0 Å². The van der Waals surface area contributed by atoms with Gasteiger partial charge in [-0.15, -0.1) is 22.7 Å². The van der Waals surface area contributed by atoms with Crippen LogP contribution >= 0.6 is 34.4 Å². The summed E-state index contributed by atoms with van der Waals surface area (Å²) in [5.74, 6) is 0.370. The molecule has 0 fully saturated rings. The molecule has 0 saturated heterocycles. The van der Waals surface area contributed by atoms with Gasteiger partial charge in [0, 0.05) is 21.6 Å². The molecule has 0 spiro atoms. The molecule has 0 aliphatic carbocycles. The number of fused-ring (bicyclic) bond motifs is 1. The van der Waals surface area contributed by atoms with Gasteiger partial charge in [0.05, 0.1) is 5.39 Å². The van der Waals surface area contributed by atoms with E-state index in [-0.39, 0.29) is 11.4 Å². The minimum absolute atomic E-state index is 0.119. The van der Waals surface area contributed by atoms with Gasteiger partial charge in [-0.25, -0.2) is 9.37 Å². The summed E-state index contributed by atoms with van der Waals surface area (Å²) < 4.78 is 12.9. The highest BCUT2D eigenvalue weighted by Gasteiger charge is 2.13. The van der Waals surface area contributed by atoms with Crippen molar-refractivity contribution in [1.82, 2.24) is 9.97 Å². The topological polar surface area (TPSA) is 45.8 Å². The lowest BCUT2D eigenvalue weighted by Gasteiger charge is -2.02. The lowest BCUT2D eigenvalue weighted by atomic mass is 10.2. The van der Waals surface area contributed by atoms with E-state index in [1.54, 1.807) is 23.5 Å². The summed E-state index contributed by atoms with van der Waals surface area (Å²) in [4.78, 5) is 21.7. The number of thiophene rings is 2. The third-order valence-corrected chi connectivity index (χ3v) is 6.22. The van der Waals surface area contributed by atoms with E-state index >= 15 is 0 Å². The Morgan fingerprint density at radius 2 is 2.00 bits per heavy atom. The molecule has 0 atom stereocenters. The van der Waals surface area contributed by atoms with Crippen LogP contribution in [0.15, 0.2) is 57.1 Å². The van der Waals surface area contributed by atoms with Crippen molar-refractivity contribution >= 4 is 44.7 Å². The number of nitrogens with zero attached hydrogens (tertiary/aromatic N) is 1. The van der Waals surface area contributed by atoms with Crippen LogP contribution in [0.5, 0.6) is 0 Å². The normalized spacial score (nSPS) is 11.2. The molecule has 3 nitrogen and oxygen atoms in total. The van der Waals surface area contributed by atoms with E-state index in [1.807, 2.05) is 22.9 Å². The summed E-state index contributed by atoms with van der Waals surface area (Å²) in [6.07, 6.45) is 0. The highest BCUT2D eigenvalue weighted by atomic mass is 32.2. The molecule has 4 rings (SSSR count). The fourth-order valence-electron chi connectivity index (χ4n) is 2.34. The molecular weight excluding hydrogens is 363 g/mol. The summed E-state index contributed by atoms with van der Waals surface area (Å²) in [6, 6.07) is 10.3. The van der Waals surface area contributed by atoms with Gasteiger partial charge >= 0.3 is 0 Å². The van der Waals surface area contributed by atoms with Crippen molar-refractivity contribution in [2.75, 3.05) is 0 Å². The first-order valence-electron chi connectivity index (χ1n) is 7.13. The third kappa shape index (κ3) is 3.02. The molecule has 1 aromatic carbocycles. The summed E-state index contributed by atoms with van der Waals surface area (Å²) in [5.41, 5.74) is 1.80. The second-order valence-corrected chi connectivity index (χ2v) is 7.86. The second kappa shape index (κ2) is 6.51. The molecule has 1 N–H and O–H groups in total. The zero-order chi connectivity index (χ0) is 16.5. The first kappa shape index (κ1) is 15.6. The smallest absolute Gasteiger partial charge is 0.260 e. The van der Waals surface area contributed by atoms with Gasteiger partial charge < -0.3 is 4.98 Å². The van der Waals surface area contributed by atoms with Crippen LogP contribution in [0.2, 0.25) is 0 Å². The predicted molar refractivity (Wildman–Crippen MR) is 99.5 cm³/mol. The quantitative estimate of drug-likeness (QED) is 0.397. The number of aromatic nitrogens is 2. The minimum atomic E-state index is -0.253. The van der Waals surface area contributed by atoms with Gasteiger partial charge in [0.15, 0.2) is 5.16 Å². The monoisotopic (exact) mass is 374 g/mol. The Bertz CT molecular complexity index is 1040. The summed E-state index contributed by atoms with van der Waals surface area (Å²) in [7, 11) is 0. The Balaban J connectivity index is 1.64. The van der Waals surface area contributed by atoms with Gasteiger partial charge in [0.2, 0.25) is 0 Å². The molecule has 7 heteroatoms. The molecule has 3 heterocycles. The van der Waals surface area contributed by atoms with Gasteiger partial charge in [-0.05, 0) is 29.1 Å². The van der Waals surface area contributed by atoms with Gasteiger partial charge in [0.25, 0.3) is 5.56 Å². The number of thioether (sulfide) groups is 1. The van der Waals surface area contributed by atoms with E-state index in [2.05, 4.69) is 9.97 Å². The van der Waals surface area contributed by atoms with Crippen LogP contribution < -0.4 is 5.56 Å². The molecule has 4 aromatic rings. The predicted octanol–water partition coefficient (Wildman–Crippen LogP) is 5.14. The largest absolute Gasteiger partial charge is 0.301 e. The Hall–Kier alpha value is -1.96. The van der Waals surface area contributed by atoms with E-state index in [9.17, 15) is 9.18 Å². The molecule has 0 aliphatic rings. The average Bonchev–Trinajstić information content (AvgIpc) is 3.23. The lowest BCUT2D eigenvalue weighted by molar-refractivity contribution is 0.627. The van der Waals surface area contributed by atoms with E-state index < -0.39 is 0 Å². The second-order valence-electron chi connectivity index (χ2n) is 5.09. The maximum Gasteiger partial charge on any atom is 0.260 e. The van der Waals surface area contributed by atoms with Crippen molar-refractivity contribution in [1.29, 1.82) is 0 Å². The fourth-order valence-corrected chi connectivity index (χ4v) is 4.98. The van der Waals surface area contributed by atoms with Crippen LogP contribution in [0.1, 0.15) is 5.56 Å². The molecule has 120 valence electrons. The van der Waals surface area contributed by atoms with Crippen LogP contribution in [0, 0.1) is 5.82 Å². The zero-order valence-corrected chi connectivity index (χ0v) is 14.7. The Morgan fingerprint density at radius 1 is 1.17 bits per heavy atom. The van der Waals surface area contributed by atoms with Crippen molar-refractivity contribution in [3.8, 4) is 10.4 Å². The van der Waals surface area contributed by atoms with Crippen molar-refractivity contribution in [3.63, 3.8) is 0 Å². The molecule has 0 saturated carbocycles. The van der Waals surface area contributed by atoms with Crippen molar-refractivity contribution in [3.05, 3.63) is 68.9 Å². The zero-order valence-electron chi connectivity index (χ0n) is 12.3. The van der Waals surface area contributed by atoms with Crippen LogP contribution in [0.4, 0.5) is 4.39 Å². The number of hydrogen-bond donors (Lipinski definition) is 1. The number of hydrogen-bond acceptors (Lipinski definition) is 5. The minimum Gasteiger partial charge on any atom is -0.301 e. The van der Waals surface area contributed by atoms with Crippen LogP contribution in [0.25, 0.3) is 20.7 Å². The number of benzene rings is 1. The Morgan fingerprint density at radius 3 is 2.75 bits per heavy atom. The van der Waals surface area contributed by atoms with Gasteiger partial charge in [0.1, 0.15) is 10.6 Å². The molecule has 0 bridgehead atoms. The van der Waals surface area contributed by atoms with E-state index in [0.717, 1.165) is 20.8 Å². The summed E-state index contributed by atoms with van der Waals surface area (Å²) in [5, 5.41) is 5.20. The third-order valence-electron chi connectivity index (χ3n) is 3.50. The lowest BCUT2D eigenvalue weighted by Crippen LogP contribution is -2.08. The molecule has 0 unspecified atom stereocenters. The molecule has 0 aliphatic heterocycles. The number of H-pyrrole nitrogens is 1. The molecular formula is C17H11FN2OS3. The highest BCUT2D eigenvalue weighted by molar-refractivity contribution is 7.98. The van der Waals surface area contributed by atoms with E-state index in [1.165, 1.54) is 35.2 Å². The SMILES string of the molecule is O=c1[nH]c(SCc2ccc(F)cc2)nc2scc(-c3cccs3)c12. The standard InChI is InChI=1S/C17H11FN2OS3/c18-11-5-3-10(4-6-11)8-24-17-19-15(21)14-12(9-23-16(14)20-17)13-2-1-7-22-13/h1-7,9H,8H2,(H,19,20,21). The van der Waals surface area contributed by atoms with Crippen LogP contribution in [-0.4, -0.2) is 9.97 Å². The molecule has 0 radical (unpaired) electrons. The average molecular weight is 374 g/mol. The molecule has 3 aromatic heterocycles. The van der Waals surface area contributed by atoms with Gasteiger partial charge in [-0.2, -0.15) is 0 Å². The number of aromatic amines is 1. The first-order valence-corrected chi connectivity index (χ1v) is 9.88. The number of rotatable bonds is 4. The molecule has 24 heavy (non-hydrogen) atoms. The van der Waals surface area contributed by atoms with E-state index in [0.29, 0.717) is 16.3 Å². The van der Waals surface area contributed by atoms with Crippen molar-refractivity contribution in [2.45, 2.75) is 10.9 Å². The summed E-state index contributed by atoms with van der Waals surface area (Å²) >= 11 is 4.52. The number of halogens is 1. The van der Waals surface area contributed by atoms with Crippen LogP contribution in [0.3, 0.4) is 0 Å². The number of nitrogens with one attached hydrogen (secondary N) is 1. The maximum absolute atomic E-state index is 12.9.